The third-order valence-corrected chi connectivity index (χ3v) is 6.28. The Hall–Kier alpha value is -3.03. The van der Waals surface area contributed by atoms with Crippen LogP contribution >= 0.6 is 0 Å². The van der Waals surface area contributed by atoms with Gasteiger partial charge in [-0.3, -0.25) is 14.6 Å². The normalized spacial score (nSPS) is 19.9. The Morgan fingerprint density at radius 2 is 2.00 bits per heavy atom. The number of rotatable bonds is 5. The zero-order chi connectivity index (χ0) is 22.0. The van der Waals surface area contributed by atoms with Crippen LogP contribution in [0.3, 0.4) is 0 Å². The number of nitrogens with one attached hydrogen (secondary N) is 1. The van der Waals surface area contributed by atoms with Gasteiger partial charge in [0.05, 0.1) is 5.92 Å². The van der Waals surface area contributed by atoms with E-state index in [-0.39, 0.29) is 29.7 Å². The summed E-state index contributed by atoms with van der Waals surface area (Å²) in [5, 5.41) is 3.13. The van der Waals surface area contributed by atoms with E-state index in [1.54, 1.807) is 12.4 Å². The number of anilines is 1. The zero-order valence-electron chi connectivity index (χ0n) is 18.4. The first-order valence-corrected chi connectivity index (χ1v) is 11.0. The van der Waals surface area contributed by atoms with Crippen molar-refractivity contribution in [1.82, 2.24) is 24.8 Å². The molecule has 2 saturated heterocycles. The highest BCUT2D eigenvalue weighted by Gasteiger charge is 2.38. The fourth-order valence-corrected chi connectivity index (χ4v) is 4.48. The standard InChI is InChI=1S/C23H30N6O2/c1-15(2)29-14-18(11-21(29)30)23(31)28-9-6-16(7-10-28)19-12-20(24-3)27-22(26-19)17-5-4-8-25-13-17/h4-5,8,12-13,15-16,18H,6-7,9-11,14H2,1-3H3,(H,24,26,27). The summed E-state index contributed by atoms with van der Waals surface area (Å²) in [6.07, 6.45) is 5.54. The van der Waals surface area contributed by atoms with Crippen molar-refractivity contribution < 1.29 is 9.59 Å². The Balaban J connectivity index is 1.43. The molecule has 2 aliphatic rings. The molecule has 2 amide bonds. The summed E-state index contributed by atoms with van der Waals surface area (Å²) in [7, 11) is 1.85. The first kappa shape index (κ1) is 21.2. The molecule has 2 aromatic heterocycles. The molecule has 0 aliphatic carbocycles. The lowest BCUT2D eigenvalue weighted by Crippen LogP contribution is -2.42. The van der Waals surface area contributed by atoms with Crippen LogP contribution in [-0.4, -0.2) is 69.3 Å². The highest BCUT2D eigenvalue weighted by atomic mass is 16.2. The van der Waals surface area contributed by atoms with Gasteiger partial charge in [0.25, 0.3) is 0 Å². The number of likely N-dealkylation sites (tertiary alicyclic amines) is 2. The Labute approximate surface area is 183 Å². The smallest absolute Gasteiger partial charge is 0.227 e. The second-order valence-corrected chi connectivity index (χ2v) is 8.63. The Kier molecular flexibility index (Phi) is 6.15. The topological polar surface area (TPSA) is 91.3 Å². The molecule has 2 aromatic rings. The van der Waals surface area contributed by atoms with Crippen molar-refractivity contribution in [2.45, 2.75) is 45.1 Å². The van der Waals surface area contributed by atoms with E-state index in [1.807, 2.05) is 48.9 Å². The lowest BCUT2D eigenvalue weighted by atomic mass is 9.92. The van der Waals surface area contributed by atoms with Gasteiger partial charge in [0, 0.05) is 74.8 Å². The first-order chi connectivity index (χ1) is 15.0. The molecule has 0 aromatic carbocycles. The minimum absolute atomic E-state index is 0.0896. The minimum Gasteiger partial charge on any atom is -0.373 e. The van der Waals surface area contributed by atoms with Crippen LogP contribution in [-0.2, 0) is 9.59 Å². The monoisotopic (exact) mass is 422 g/mol. The molecule has 8 nitrogen and oxygen atoms in total. The molecule has 2 fully saturated rings. The van der Waals surface area contributed by atoms with Crippen molar-refractivity contribution in [3.63, 3.8) is 0 Å². The van der Waals surface area contributed by atoms with Crippen LogP contribution in [0.15, 0.2) is 30.6 Å². The highest BCUT2D eigenvalue weighted by molar-refractivity contribution is 5.89. The molecule has 1 unspecified atom stereocenters. The van der Waals surface area contributed by atoms with Crippen molar-refractivity contribution in [3.05, 3.63) is 36.3 Å². The molecule has 4 rings (SSSR count). The molecule has 31 heavy (non-hydrogen) atoms. The van der Waals surface area contributed by atoms with Gasteiger partial charge < -0.3 is 15.1 Å². The van der Waals surface area contributed by atoms with Gasteiger partial charge in [0.15, 0.2) is 5.82 Å². The number of amides is 2. The predicted octanol–water partition coefficient (Wildman–Crippen LogP) is 2.54. The minimum atomic E-state index is -0.210. The van der Waals surface area contributed by atoms with E-state index < -0.39 is 0 Å². The Morgan fingerprint density at radius 1 is 1.23 bits per heavy atom. The van der Waals surface area contributed by atoms with Gasteiger partial charge in [-0.05, 0) is 38.8 Å². The number of carbonyl (C=O) groups excluding carboxylic acids is 2. The fraction of sp³-hybridized carbons (Fsp3) is 0.522. The summed E-state index contributed by atoms with van der Waals surface area (Å²) in [5.41, 5.74) is 1.88. The maximum absolute atomic E-state index is 13.0. The van der Waals surface area contributed by atoms with E-state index >= 15 is 0 Å². The van der Waals surface area contributed by atoms with E-state index in [2.05, 4.69) is 15.3 Å². The maximum Gasteiger partial charge on any atom is 0.227 e. The van der Waals surface area contributed by atoms with E-state index in [9.17, 15) is 9.59 Å². The van der Waals surface area contributed by atoms with Gasteiger partial charge >= 0.3 is 0 Å². The summed E-state index contributed by atoms with van der Waals surface area (Å²) >= 11 is 0. The van der Waals surface area contributed by atoms with Gasteiger partial charge in [-0.1, -0.05) is 0 Å². The van der Waals surface area contributed by atoms with Crippen LogP contribution in [0.1, 0.15) is 44.7 Å². The van der Waals surface area contributed by atoms with Crippen molar-refractivity contribution in [1.29, 1.82) is 0 Å². The van der Waals surface area contributed by atoms with Crippen LogP contribution in [0.4, 0.5) is 5.82 Å². The molecule has 0 saturated carbocycles. The van der Waals surface area contributed by atoms with Gasteiger partial charge in [-0.15, -0.1) is 0 Å². The number of aromatic nitrogens is 3. The summed E-state index contributed by atoms with van der Waals surface area (Å²) in [5.74, 6) is 1.70. The third-order valence-electron chi connectivity index (χ3n) is 6.28. The molecular weight excluding hydrogens is 392 g/mol. The lowest BCUT2D eigenvalue weighted by molar-refractivity contribution is -0.136. The van der Waals surface area contributed by atoms with Crippen LogP contribution in [0.5, 0.6) is 0 Å². The largest absolute Gasteiger partial charge is 0.373 e. The van der Waals surface area contributed by atoms with Crippen LogP contribution < -0.4 is 5.32 Å². The number of nitrogens with zero attached hydrogens (tertiary/aromatic N) is 5. The summed E-state index contributed by atoms with van der Waals surface area (Å²) < 4.78 is 0. The molecule has 1 atom stereocenters. The van der Waals surface area contributed by atoms with Gasteiger partial charge in [-0.2, -0.15) is 0 Å². The highest BCUT2D eigenvalue weighted by Crippen LogP contribution is 2.31. The second kappa shape index (κ2) is 8.99. The molecule has 2 aliphatic heterocycles. The van der Waals surface area contributed by atoms with Crippen LogP contribution in [0.25, 0.3) is 11.4 Å². The van der Waals surface area contributed by atoms with Crippen molar-refractivity contribution in [2.24, 2.45) is 5.92 Å². The SMILES string of the molecule is CNc1cc(C2CCN(C(=O)C3CC(=O)N(C(C)C)C3)CC2)nc(-c2cccnc2)n1. The van der Waals surface area contributed by atoms with Gasteiger partial charge in [0.1, 0.15) is 5.82 Å². The Morgan fingerprint density at radius 3 is 2.61 bits per heavy atom. The summed E-state index contributed by atoms with van der Waals surface area (Å²) in [6.45, 7) is 5.92. The molecule has 164 valence electrons. The second-order valence-electron chi connectivity index (χ2n) is 8.63. The molecule has 4 heterocycles. The molecule has 0 radical (unpaired) electrons. The average molecular weight is 423 g/mol. The predicted molar refractivity (Wildman–Crippen MR) is 118 cm³/mol. The maximum atomic E-state index is 13.0. The van der Waals surface area contributed by atoms with Crippen LogP contribution in [0, 0.1) is 5.92 Å². The van der Waals surface area contributed by atoms with Crippen LogP contribution in [0.2, 0.25) is 0 Å². The quantitative estimate of drug-likeness (QED) is 0.796. The van der Waals surface area contributed by atoms with Crippen molar-refractivity contribution >= 4 is 17.6 Å². The zero-order valence-corrected chi connectivity index (χ0v) is 18.4. The summed E-state index contributed by atoms with van der Waals surface area (Å²) in [6, 6.07) is 5.97. The lowest BCUT2D eigenvalue weighted by Gasteiger charge is -2.33. The molecule has 8 heteroatoms. The third kappa shape index (κ3) is 4.52. The van der Waals surface area contributed by atoms with E-state index in [0.717, 1.165) is 29.9 Å². The van der Waals surface area contributed by atoms with Gasteiger partial charge in [0.2, 0.25) is 11.8 Å². The van der Waals surface area contributed by atoms with E-state index in [1.165, 1.54) is 0 Å². The molecule has 0 bridgehead atoms. The number of pyridine rings is 1. The summed E-state index contributed by atoms with van der Waals surface area (Å²) in [4.78, 5) is 42.5. The van der Waals surface area contributed by atoms with E-state index in [0.29, 0.717) is 31.9 Å². The van der Waals surface area contributed by atoms with E-state index in [4.69, 9.17) is 4.98 Å². The van der Waals surface area contributed by atoms with Crippen molar-refractivity contribution in [3.8, 4) is 11.4 Å². The first-order valence-electron chi connectivity index (χ1n) is 11.0. The number of carbonyl (C=O) groups is 2. The number of hydrogen-bond donors (Lipinski definition) is 1. The molecule has 1 N–H and O–H groups in total. The van der Waals surface area contributed by atoms with Gasteiger partial charge in [-0.25, -0.2) is 9.97 Å². The molecule has 0 spiro atoms. The van der Waals surface area contributed by atoms with Crippen molar-refractivity contribution in [2.75, 3.05) is 32.0 Å². The average Bonchev–Trinajstić information content (AvgIpc) is 3.21. The number of piperidine rings is 1. The molecular formula is C23H30N6O2. The Bertz CT molecular complexity index is 940. The number of hydrogen-bond acceptors (Lipinski definition) is 6. The fourth-order valence-electron chi connectivity index (χ4n) is 4.48.